The second-order valence-corrected chi connectivity index (χ2v) is 5.14. The molecule has 0 aromatic heterocycles. The third-order valence-electron chi connectivity index (χ3n) is 3.81. The summed E-state index contributed by atoms with van der Waals surface area (Å²) >= 11 is 0. The summed E-state index contributed by atoms with van der Waals surface area (Å²) in [5.41, 5.74) is 10.3. The smallest absolute Gasteiger partial charge is 0.152 e. The number of nitrogens with two attached hydrogens (primary N) is 1. The van der Waals surface area contributed by atoms with Gasteiger partial charge in [-0.05, 0) is 22.8 Å². The number of benzene rings is 3. The number of aldehydes is 1. The molecule has 3 nitrogen and oxygen atoms in total. The topological polar surface area (TPSA) is 66.9 Å². The fourth-order valence-electron chi connectivity index (χ4n) is 2.67. The van der Waals surface area contributed by atoms with Crippen LogP contribution in [0.1, 0.15) is 15.9 Å². The van der Waals surface area contributed by atoms with Crippen molar-refractivity contribution in [3.8, 4) is 28.3 Å². The largest absolute Gasteiger partial charge is 0.397 e. The normalized spacial score (nSPS) is 10.0. The van der Waals surface area contributed by atoms with Crippen molar-refractivity contribution in [1.82, 2.24) is 0 Å². The number of rotatable bonds is 3. The molecule has 23 heavy (non-hydrogen) atoms. The minimum atomic E-state index is 0.225. The summed E-state index contributed by atoms with van der Waals surface area (Å²) in [7, 11) is 0. The van der Waals surface area contributed by atoms with Crippen LogP contribution in [0.25, 0.3) is 22.3 Å². The molecule has 0 heterocycles. The number of hydrogen-bond acceptors (Lipinski definition) is 3. The van der Waals surface area contributed by atoms with Gasteiger partial charge < -0.3 is 5.73 Å². The first-order chi connectivity index (χ1) is 11.3. The molecule has 2 N–H and O–H groups in total. The summed E-state index contributed by atoms with van der Waals surface area (Å²) in [6.07, 6.45) is 0.716. The van der Waals surface area contributed by atoms with E-state index in [-0.39, 0.29) is 5.69 Å². The molecule has 0 aliphatic carbocycles. The van der Waals surface area contributed by atoms with Crippen molar-refractivity contribution in [3.05, 3.63) is 77.9 Å². The Labute approximate surface area is 134 Å². The fourth-order valence-corrected chi connectivity index (χ4v) is 2.67. The van der Waals surface area contributed by atoms with Crippen molar-refractivity contribution in [3.63, 3.8) is 0 Å². The van der Waals surface area contributed by atoms with E-state index in [1.807, 2.05) is 66.7 Å². The molecule has 0 fully saturated rings. The molecule has 0 saturated heterocycles. The average molecular weight is 298 g/mol. The zero-order valence-corrected chi connectivity index (χ0v) is 12.4. The Morgan fingerprint density at radius 2 is 1.39 bits per heavy atom. The maximum Gasteiger partial charge on any atom is 0.152 e. The van der Waals surface area contributed by atoms with E-state index >= 15 is 0 Å². The molecule has 3 aromatic rings. The van der Waals surface area contributed by atoms with Crippen molar-refractivity contribution in [1.29, 1.82) is 5.26 Å². The Morgan fingerprint density at radius 1 is 0.870 bits per heavy atom. The molecular formula is C20H14N2O. The lowest BCUT2D eigenvalue weighted by molar-refractivity contribution is 0.112. The Balaban J connectivity index is 2.36. The van der Waals surface area contributed by atoms with Crippen molar-refractivity contribution in [2.75, 3.05) is 5.73 Å². The van der Waals surface area contributed by atoms with Crippen LogP contribution in [0.3, 0.4) is 0 Å². The van der Waals surface area contributed by atoms with Gasteiger partial charge in [0.15, 0.2) is 6.29 Å². The zero-order chi connectivity index (χ0) is 16.2. The maximum absolute atomic E-state index is 11.5. The molecule has 3 rings (SSSR count). The van der Waals surface area contributed by atoms with Gasteiger partial charge in [0.25, 0.3) is 0 Å². The Hall–Kier alpha value is -3.38. The van der Waals surface area contributed by atoms with E-state index in [0.29, 0.717) is 17.4 Å². The monoisotopic (exact) mass is 298 g/mol. The molecule has 0 saturated carbocycles. The molecule has 0 aliphatic rings. The molecular weight excluding hydrogens is 284 g/mol. The maximum atomic E-state index is 11.5. The molecule has 0 unspecified atom stereocenters. The van der Waals surface area contributed by atoms with Gasteiger partial charge in [0, 0.05) is 11.1 Å². The van der Waals surface area contributed by atoms with E-state index in [0.717, 1.165) is 22.3 Å². The minimum Gasteiger partial charge on any atom is -0.397 e. The highest BCUT2D eigenvalue weighted by atomic mass is 16.1. The van der Waals surface area contributed by atoms with Crippen LogP contribution in [0.15, 0.2) is 66.7 Å². The lowest BCUT2D eigenvalue weighted by Gasteiger charge is -2.14. The molecule has 110 valence electrons. The Kier molecular flexibility index (Phi) is 3.90. The fraction of sp³-hybridized carbons (Fsp3) is 0. The molecule has 0 spiro atoms. The van der Waals surface area contributed by atoms with Crippen LogP contribution in [-0.2, 0) is 0 Å². The van der Waals surface area contributed by atoms with Crippen LogP contribution in [0.5, 0.6) is 0 Å². The van der Waals surface area contributed by atoms with E-state index < -0.39 is 0 Å². The van der Waals surface area contributed by atoms with Gasteiger partial charge in [-0.15, -0.1) is 0 Å². The van der Waals surface area contributed by atoms with Crippen molar-refractivity contribution in [2.24, 2.45) is 0 Å². The predicted octanol–water partition coefficient (Wildman–Crippen LogP) is 4.29. The number of hydrogen-bond donors (Lipinski definition) is 1. The molecule has 3 heteroatoms. The van der Waals surface area contributed by atoms with Crippen LogP contribution in [0.2, 0.25) is 0 Å². The van der Waals surface area contributed by atoms with E-state index in [2.05, 4.69) is 6.07 Å². The molecule has 0 radical (unpaired) electrons. The van der Waals surface area contributed by atoms with Crippen molar-refractivity contribution in [2.45, 2.75) is 0 Å². The lowest BCUT2D eigenvalue weighted by atomic mass is 9.90. The van der Waals surface area contributed by atoms with E-state index in [4.69, 9.17) is 5.73 Å². The first kappa shape index (κ1) is 14.6. The summed E-state index contributed by atoms with van der Waals surface area (Å²) in [4.78, 5) is 11.5. The van der Waals surface area contributed by atoms with Gasteiger partial charge in [-0.2, -0.15) is 5.26 Å². The summed E-state index contributed by atoms with van der Waals surface area (Å²) in [5, 5.41) is 9.50. The Bertz CT molecular complexity index is 894. The van der Waals surface area contributed by atoms with Crippen molar-refractivity contribution < 1.29 is 4.79 Å². The third kappa shape index (κ3) is 2.58. The summed E-state index contributed by atoms with van der Waals surface area (Å²) in [6.45, 7) is 0. The van der Waals surface area contributed by atoms with Crippen molar-refractivity contribution >= 4 is 12.0 Å². The number of carbonyl (C=O) groups excluding carboxylic acids is 1. The van der Waals surface area contributed by atoms with Crippen LogP contribution in [0.4, 0.5) is 5.69 Å². The van der Waals surface area contributed by atoms with Gasteiger partial charge in [0.2, 0.25) is 0 Å². The van der Waals surface area contributed by atoms with E-state index in [1.54, 1.807) is 0 Å². The summed E-state index contributed by atoms with van der Waals surface area (Å²) in [6, 6.07) is 23.1. The minimum absolute atomic E-state index is 0.225. The molecule has 0 bridgehead atoms. The number of carbonyl (C=O) groups is 1. The van der Waals surface area contributed by atoms with E-state index in [9.17, 15) is 10.1 Å². The molecule has 0 aliphatic heterocycles. The summed E-state index contributed by atoms with van der Waals surface area (Å²) in [5.74, 6) is 0. The third-order valence-corrected chi connectivity index (χ3v) is 3.81. The predicted molar refractivity (Wildman–Crippen MR) is 91.8 cm³/mol. The second-order valence-electron chi connectivity index (χ2n) is 5.14. The van der Waals surface area contributed by atoms with Gasteiger partial charge in [0.05, 0.1) is 11.3 Å². The first-order valence-corrected chi connectivity index (χ1v) is 7.19. The highest BCUT2D eigenvalue weighted by Gasteiger charge is 2.17. The second kappa shape index (κ2) is 6.17. The number of anilines is 1. The molecule has 0 atom stereocenters. The van der Waals surface area contributed by atoms with Crippen LogP contribution >= 0.6 is 0 Å². The average Bonchev–Trinajstić information content (AvgIpc) is 2.62. The van der Waals surface area contributed by atoms with Gasteiger partial charge in [0.1, 0.15) is 6.07 Å². The number of nitrogen functional groups attached to an aromatic ring is 1. The zero-order valence-electron chi connectivity index (χ0n) is 12.4. The highest BCUT2D eigenvalue weighted by Crippen LogP contribution is 2.36. The quantitative estimate of drug-likeness (QED) is 0.579. The van der Waals surface area contributed by atoms with Crippen LogP contribution < -0.4 is 5.73 Å². The Morgan fingerprint density at radius 3 is 1.87 bits per heavy atom. The summed E-state index contributed by atoms with van der Waals surface area (Å²) < 4.78 is 0. The highest BCUT2D eigenvalue weighted by molar-refractivity contribution is 5.99. The standard InChI is InChI=1S/C20H14N2O/c21-12-18-16(14-7-3-1-4-8-14)11-17(19(13-23)20(18)22)15-9-5-2-6-10-15/h1-11,13H,22H2. The number of nitriles is 1. The lowest BCUT2D eigenvalue weighted by Crippen LogP contribution is -2.02. The SMILES string of the molecule is N#Cc1c(-c2ccccc2)cc(-c2ccccc2)c(C=O)c1N. The molecule has 0 amide bonds. The van der Waals surface area contributed by atoms with E-state index in [1.165, 1.54) is 0 Å². The molecule has 3 aromatic carbocycles. The first-order valence-electron chi connectivity index (χ1n) is 7.19. The number of nitrogens with zero attached hydrogens (tertiary/aromatic N) is 1. The van der Waals surface area contributed by atoms with Crippen LogP contribution in [-0.4, -0.2) is 6.29 Å². The van der Waals surface area contributed by atoms with Gasteiger partial charge in [-0.25, -0.2) is 0 Å². The van der Waals surface area contributed by atoms with Gasteiger partial charge in [-0.3, -0.25) is 4.79 Å². The van der Waals surface area contributed by atoms with Gasteiger partial charge in [-0.1, -0.05) is 60.7 Å². The van der Waals surface area contributed by atoms with Crippen LogP contribution in [0, 0.1) is 11.3 Å². The van der Waals surface area contributed by atoms with Gasteiger partial charge >= 0.3 is 0 Å².